The monoisotopic (exact) mass is 502 g/mol. The molecule has 0 radical (unpaired) electrons. The second kappa shape index (κ2) is 12.5. The Hall–Kier alpha value is -2.90. The zero-order valence-corrected chi connectivity index (χ0v) is 20.2. The molecule has 3 aromatic rings. The SMILES string of the molecule is CNC(=O)[C@@H](Cc1ccccc1)N(Cc1ccc(F)cc1)C(=O)CSCc1c(F)cccc1Cl. The van der Waals surface area contributed by atoms with Gasteiger partial charge in [-0.2, -0.15) is 0 Å². The van der Waals surface area contributed by atoms with E-state index in [2.05, 4.69) is 5.32 Å². The summed E-state index contributed by atoms with van der Waals surface area (Å²) in [6, 6.07) is 18.9. The molecule has 0 unspecified atom stereocenters. The Morgan fingerprint density at radius 2 is 1.68 bits per heavy atom. The van der Waals surface area contributed by atoms with Gasteiger partial charge in [-0.05, 0) is 35.4 Å². The van der Waals surface area contributed by atoms with Gasteiger partial charge in [0, 0.05) is 36.4 Å². The van der Waals surface area contributed by atoms with Gasteiger partial charge < -0.3 is 10.2 Å². The van der Waals surface area contributed by atoms with Gasteiger partial charge in [-0.1, -0.05) is 60.1 Å². The van der Waals surface area contributed by atoms with Crippen LogP contribution in [-0.2, 0) is 28.3 Å². The number of halogens is 3. The van der Waals surface area contributed by atoms with Crippen LogP contribution in [0.5, 0.6) is 0 Å². The fourth-order valence-electron chi connectivity index (χ4n) is 3.50. The molecule has 1 N–H and O–H groups in total. The van der Waals surface area contributed by atoms with E-state index < -0.39 is 11.9 Å². The lowest BCUT2D eigenvalue weighted by Crippen LogP contribution is -2.50. The third kappa shape index (κ3) is 7.05. The highest BCUT2D eigenvalue weighted by Crippen LogP contribution is 2.25. The maximum Gasteiger partial charge on any atom is 0.242 e. The average Bonchev–Trinajstić information content (AvgIpc) is 2.84. The molecule has 0 bridgehead atoms. The van der Waals surface area contributed by atoms with Gasteiger partial charge in [-0.15, -0.1) is 11.8 Å². The minimum atomic E-state index is -0.775. The van der Waals surface area contributed by atoms with Crippen LogP contribution in [-0.4, -0.2) is 35.6 Å². The Kier molecular flexibility index (Phi) is 9.48. The number of carbonyl (C=O) groups is 2. The molecule has 1 atom stereocenters. The third-order valence-corrected chi connectivity index (χ3v) is 6.62. The van der Waals surface area contributed by atoms with Gasteiger partial charge >= 0.3 is 0 Å². The largest absolute Gasteiger partial charge is 0.357 e. The van der Waals surface area contributed by atoms with E-state index in [0.29, 0.717) is 22.6 Å². The molecule has 0 fully saturated rings. The summed E-state index contributed by atoms with van der Waals surface area (Å²) < 4.78 is 27.5. The lowest BCUT2D eigenvalue weighted by molar-refractivity contribution is -0.139. The van der Waals surface area contributed by atoms with Crippen LogP contribution in [0, 0.1) is 11.6 Å². The van der Waals surface area contributed by atoms with Crippen LogP contribution in [0.15, 0.2) is 72.8 Å². The lowest BCUT2D eigenvalue weighted by Gasteiger charge is -2.31. The van der Waals surface area contributed by atoms with Crippen molar-refractivity contribution in [2.45, 2.75) is 24.8 Å². The van der Waals surface area contributed by atoms with E-state index in [1.165, 1.54) is 48.0 Å². The van der Waals surface area contributed by atoms with Gasteiger partial charge in [0.2, 0.25) is 11.8 Å². The van der Waals surface area contributed by atoms with Gasteiger partial charge in [-0.25, -0.2) is 8.78 Å². The Bertz CT molecular complexity index is 1090. The number of hydrogen-bond acceptors (Lipinski definition) is 3. The van der Waals surface area contributed by atoms with Gasteiger partial charge in [0.05, 0.1) is 5.75 Å². The van der Waals surface area contributed by atoms with Crippen molar-refractivity contribution in [1.82, 2.24) is 10.2 Å². The summed E-state index contributed by atoms with van der Waals surface area (Å²) in [6.45, 7) is 0.130. The average molecular weight is 503 g/mol. The van der Waals surface area contributed by atoms with Crippen molar-refractivity contribution in [3.8, 4) is 0 Å². The molecule has 0 aromatic heterocycles. The fourth-order valence-corrected chi connectivity index (χ4v) is 4.75. The van der Waals surface area contributed by atoms with Crippen LogP contribution < -0.4 is 5.32 Å². The normalized spacial score (nSPS) is 11.6. The maximum absolute atomic E-state index is 14.1. The van der Waals surface area contributed by atoms with Crippen LogP contribution >= 0.6 is 23.4 Å². The molecule has 0 heterocycles. The summed E-state index contributed by atoms with van der Waals surface area (Å²) in [7, 11) is 1.52. The predicted molar refractivity (Wildman–Crippen MR) is 133 cm³/mol. The first-order valence-corrected chi connectivity index (χ1v) is 12.2. The Morgan fingerprint density at radius 3 is 2.32 bits per heavy atom. The molecule has 2 amide bonds. The first kappa shape index (κ1) is 25.7. The van der Waals surface area contributed by atoms with Crippen molar-refractivity contribution < 1.29 is 18.4 Å². The molecule has 34 heavy (non-hydrogen) atoms. The topological polar surface area (TPSA) is 49.4 Å². The molecule has 0 spiro atoms. The standard InChI is InChI=1S/C26H25ClF2N2O2S/c1-30-26(33)24(14-18-6-3-2-4-7-18)31(15-19-10-12-20(28)13-11-19)25(32)17-34-16-21-22(27)8-5-9-23(21)29/h2-13,24H,14-17H2,1H3,(H,30,33)/t24-/m1/s1. The molecule has 0 aliphatic heterocycles. The summed E-state index contributed by atoms with van der Waals surface area (Å²) in [5, 5.41) is 2.95. The maximum atomic E-state index is 14.1. The zero-order chi connectivity index (χ0) is 24.5. The smallest absolute Gasteiger partial charge is 0.242 e. The number of hydrogen-bond donors (Lipinski definition) is 1. The predicted octanol–water partition coefficient (Wildman–Crippen LogP) is 5.24. The quantitative estimate of drug-likeness (QED) is 0.412. The highest BCUT2D eigenvalue weighted by Gasteiger charge is 2.29. The molecule has 178 valence electrons. The molecule has 8 heteroatoms. The minimum absolute atomic E-state index is 0.0220. The fraction of sp³-hybridized carbons (Fsp3) is 0.231. The van der Waals surface area contributed by atoms with Crippen LogP contribution in [0.3, 0.4) is 0 Å². The Morgan fingerprint density at radius 1 is 0.971 bits per heavy atom. The summed E-state index contributed by atoms with van der Waals surface area (Å²) in [4.78, 5) is 27.7. The number of benzene rings is 3. The number of thioether (sulfide) groups is 1. The van der Waals surface area contributed by atoms with Crippen molar-refractivity contribution in [2.75, 3.05) is 12.8 Å². The first-order valence-electron chi connectivity index (χ1n) is 10.7. The zero-order valence-electron chi connectivity index (χ0n) is 18.6. The van der Waals surface area contributed by atoms with Crippen molar-refractivity contribution in [3.05, 3.63) is 106 Å². The van der Waals surface area contributed by atoms with Gasteiger partial charge in [0.15, 0.2) is 0 Å². The van der Waals surface area contributed by atoms with Crippen LogP contribution in [0.4, 0.5) is 8.78 Å². The van der Waals surface area contributed by atoms with E-state index in [9.17, 15) is 18.4 Å². The minimum Gasteiger partial charge on any atom is -0.357 e. The van der Waals surface area contributed by atoms with Crippen LogP contribution in [0.25, 0.3) is 0 Å². The van der Waals surface area contributed by atoms with Crippen molar-refractivity contribution in [3.63, 3.8) is 0 Å². The van der Waals surface area contributed by atoms with Crippen LogP contribution in [0.2, 0.25) is 5.02 Å². The molecular weight excluding hydrogens is 478 g/mol. The summed E-state index contributed by atoms with van der Waals surface area (Å²) in [5.41, 5.74) is 1.93. The number of rotatable bonds is 10. The first-order chi connectivity index (χ1) is 16.4. The summed E-state index contributed by atoms with van der Waals surface area (Å²) in [5.74, 6) is -1.17. The van der Waals surface area contributed by atoms with E-state index in [1.807, 2.05) is 30.3 Å². The van der Waals surface area contributed by atoms with E-state index in [-0.39, 0.29) is 35.7 Å². The van der Waals surface area contributed by atoms with E-state index in [0.717, 1.165) is 5.56 Å². The third-order valence-electron chi connectivity index (χ3n) is 5.32. The lowest BCUT2D eigenvalue weighted by atomic mass is 10.0. The Balaban J connectivity index is 1.82. The van der Waals surface area contributed by atoms with E-state index in [1.54, 1.807) is 18.2 Å². The van der Waals surface area contributed by atoms with Crippen molar-refractivity contribution in [2.24, 2.45) is 0 Å². The van der Waals surface area contributed by atoms with Crippen LogP contribution in [0.1, 0.15) is 16.7 Å². The Labute approximate surface area is 207 Å². The van der Waals surface area contributed by atoms with Gasteiger partial charge in [-0.3, -0.25) is 9.59 Å². The highest BCUT2D eigenvalue weighted by atomic mass is 35.5. The molecule has 4 nitrogen and oxygen atoms in total. The number of nitrogens with zero attached hydrogens (tertiary/aromatic N) is 1. The van der Waals surface area contributed by atoms with E-state index in [4.69, 9.17) is 11.6 Å². The van der Waals surface area contributed by atoms with E-state index >= 15 is 0 Å². The second-order valence-corrected chi connectivity index (χ2v) is 9.05. The molecule has 3 aromatic carbocycles. The van der Waals surface area contributed by atoms with Gasteiger partial charge in [0.1, 0.15) is 17.7 Å². The van der Waals surface area contributed by atoms with Gasteiger partial charge in [0.25, 0.3) is 0 Å². The molecule has 0 aliphatic carbocycles. The number of amides is 2. The molecular formula is C26H25ClF2N2O2S. The van der Waals surface area contributed by atoms with Crippen molar-refractivity contribution >= 4 is 35.2 Å². The molecule has 0 saturated carbocycles. The molecule has 0 aliphatic rings. The molecule has 0 saturated heterocycles. The summed E-state index contributed by atoms with van der Waals surface area (Å²) in [6.07, 6.45) is 0.317. The second-order valence-electron chi connectivity index (χ2n) is 7.66. The van der Waals surface area contributed by atoms with Crippen molar-refractivity contribution in [1.29, 1.82) is 0 Å². The number of nitrogens with one attached hydrogen (secondary N) is 1. The highest BCUT2D eigenvalue weighted by molar-refractivity contribution is 7.99. The number of carbonyl (C=O) groups excluding carboxylic acids is 2. The molecule has 3 rings (SSSR count). The number of likely N-dealkylation sites (N-methyl/N-ethyl adjacent to an activating group) is 1. The summed E-state index contributed by atoms with van der Waals surface area (Å²) >= 11 is 7.32.